The molecule has 3 aromatic rings. The van der Waals surface area contributed by atoms with Gasteiger partial charge in [-0.15, -0.1) is 11.3 Å². The zero-order valence-corrected chi connectivity index (χ0v) is 21.0. The number of carboxylic acid groups (broad SMARTS) is 1. The van der Waals surface area contributed by atoms with Crippen LogP contribution in [0.1, 0.15) is 30.3 Å². The van der Waals surface area contributed by atoms with Gasteiger partial charge in [-0.05, 0) is 70.8 Å². The van der Waals surface area contributed by atoms with E-state index >= 15 is 0 Å². The Kier molecular flexibility index (Phi) is 8.46. The van der Waals surface area contributed by atoms with Crippen LogP contribution in [0.4, 0.5) is 0 Å². The van der Waals surface area contributed by atoms with Crippen LogP contribution in [0.5, 0.6) is 11.5 Å². The van der Waals surface area contributed by atoms with Gasteiger partial charge in [0.25, 0.3) is 5.91 Å². The number of carboxylic acids is 1. The number of thiazole rings is 1. The summed E-state index contributed by atoms with van der Waals surface area (Å²) >= 11 is 5.06. The Hall–Kier alpha value is -2.91. The van der Waals surface area contributed by atoms with E-state index in [0.29, 0.717) is 29.0 Å². The van der Waals surface area contributed by atoms with Crippen LogP contribution in [0.3, 0.4) is 0 Å². The molecule has 0 atom stereocenters. The maximum absolute atomic E-state index is 11.9. The summed E-state index contributed by atoms with van der Waals surface area (Å²) in [7, 11) is 3.33. The third kappa shape index (κ3) is 6.55. The lowest BCUT2D eigenvalue weighted by molar-refractivity contribution is -0.137. The molecule has 0 aliphatic rings. The Morgan fingerprint density at radius 1 is 1.18 bits per heavy atom. The van der Waals surface area contributed by atoms with Crippen molar-refractivity contribution in [1.82, 2.24) is 9.88 Å². The van der Waals surface area contributed by atoms with Gasteiger partial charge in [-0.3, -0.25) is 9.59 Å². The number of hydrogen-bond donors (Lipinski definition) is 1. The Bertz CT molecular complexity index is 1160. The van der Waals surface area contributed by atoms with Crippen LogP contribution in [0.15, 0.2) is 40.9 Å². The van der Waals surface area contributed by atoms with Crippen molar-refractivity contribution in [2.45, 2.75) is 19.8 Å². The third-order valence-corrected chi connectivity index (χ3v) is 6.39. The largest absolute Gasteiger partial charge is 0.490 e. The van der Waals surface area contributed by atoms with Crippen LogP contribution in [-0.2, 0) is 9.59 Å². The van der Waals surface area contributed by atoms with Gasteiger partial charge in [0.2, 0.25) is 0 Å². The molecule has 3 rings (SSSR count). The Morgan fingerprint density at radius 2 is 1.94 bits per heavy atom. The molecule has 1 aromatic heterocycles. The number of aromatic nitrogens is 1. The summed E-state index contributed by atoms with van der Waals surface area (Å²) in [4.78, 5) is 29.4. The number of rotatable bonds is 10. The molecule has 0 aliphatic carbocycles. The second-order valence-corrected chi connectivity index (χ2v) is 9.27. The second-order valence-electron chi connectivity index (χ2n) is 7.39. The minimum absolute atomic E-state index is 0.00487. The second kappa shape index (κ2) is 11.3. The van der Waals surface area contributed by atoms with Crippen molar-refractivity contribution in [3.8, 4) is 11.5 Å². The molecule has 0 saturated carbocycles. The quantitative estimate of drug-likeness (QED) is 0.379. The van der Waals surface area contributed by atoms with E-state index < -0.39 is 5.97 Å². The number of aliphatic carboxylic acids is 1. The predicted octanol–water partition coefficient (Wildman–Crippen LogP) is 5.33. The van der Waals surface area contributed by atoms with Crippen LogP contribution in [-0.4, -0.2) is 54.2 Å². The van der Waals surface area contributed by atoms with Gasteiger partial charge in [-0.25, -0.2) is 4.98 Å². The standard InChI is InChI=1S/C24H25BrN2O5S/c1-4-31-19-13-15(12-17(25)23(19)32-14-21(28)27(2)3)11-16(9-10-22(29)30)24-26-18-7-5-6-8-20(18)33-24/h5-8,11-13H,4,9-10,14H2,1-3H3,(H,29,30). The first-order chi connectivity index (χ1) is 15.8. The van der Waals surface area contributed by atoms with Crippen LogP contribution in [0.2, 0.25) is 0 Å². The lowest BCUT2D eigenvalue weighted by Crippen LogP contribution is -2.27. The maximum Gasteiger partial charge on any atom is 0.303 e. The van der Waals surface area contributed by atoms with Crippen molar-refractivity contribution in [1.29, 1.82) is 0 Å². The summed E-state index contributed by atoms with van der Waals surface area (Å²) in [6.45, 7) is 2.17. The Labute approximate surface area is 204 Å². The van der Waals surface area contributed by atoms with Crippen molar-refractivity contribution < 1.29 is 24.2 Å². The van der Waals surface area contributed by atoms with Gasteiger partial charge in [0, 0.05) is 20.5 Å². The highest BCUT2D eigenvalue weighted by Crippen LogP contribution is 2.39. The van der Waals surface area contributed by atoms with Gasteiger partial charge >= 0.3 is 5.97 Å². The molecule has 9 heteroatoms. The molecular weight excluding hydrogens is 508 g/mol. The average molecular weight is 533 g/mol. The number of carbonyl (C=O) groups excluding carboxylic acids is 1. The number of likely N-dealkylation sites (N-methyl/N-ethyl adjacent to an activating group) is 1. The fourth-order valence-corrected chi connectivity index (χ4v) is 4.61. The number of ether oxygens (including phenoxy) is 2. The number of allylic oxidation sites excluding steroid dienone is 1. The molecule has 0 unspecified atom stereocenters. The highest BCUT2D eigenvalue weighted by atomic mass is 79.9. The van der Waals surface area contributed by atoms with Crippen molar-refractivity contribution in [2.24, 2.45) is 0 Å². The van der Waals surface area contributed by atoms with E-state index in [4.69, 9.17) is 14.5 Å². The van der Waals surface area contributed by atoms with Crippen LogP contribution in [0, 0.1) is 0 Å². The fraction of sp³-hybridized carbons (Fsp3) is 0.292. The van der Waals surface area contributed by atoms with E-state index in [2.05, 4.69) is 15.9 Å². The van der Waals surface area contributed by atoms with Gasteiger partial charge < -0.3 is 19.5 Å². The van der Waals surface area contributed by atoms with Gasteiger partial charge in [0.05, 0.1) is 21.3 Å². The molecule has 0 fully saturated rings. The van der Waals surface area contributed by atoms with E-state index in [-0.39, 0.29) is 18.9 Å². The highest BCUT2D eigenvalue weighted by molar-refractivity contribution is 9.10. The molecule has 0 saturated heterocycles. The zero-order valence-electron chi connectivity index (χ0n) is 18.6. The monoisotopic (exact) mass is 532 g/mol. The minimum atomic E-state index is -0.868. The van der Waals surface area contributed by atoms with Crippen LogP contribution < -0.4 is 9.47 Å². The van der Waals surface area contributed by atoms with E-state index in [0.717, 1.165) is 26.4 Å². The molecule has 33 heavy (non-hydrogen) atoms. The fourth-order valence-electron chi connectivity index (χ4n) is 3.03. The normalized spacial score (nSPS) is 11.5. The number of nitrogens with zero attached hydrogens (tertiary/aromatic N) is 2. The first-order valence-corrected chi connectivity index (χ1v) is 12.0. The topological polar surface area (TPSA) is 89.0 Å². The van der Waals surface area contributed by atoms with Crippen LogP contribution >= 0.6 is 27.3 Å². The molecule has 0 radical (unpaired) electrons. The third-order valence-electron chi connectivity index (χ3n) is 4.69. The van der Waals surface area contributed by atoms with E-state index in [1.165, 1.54) is 16.2 Å². The Balaban J connectivity index is 1.99. The van der Waals surface area contributed by atoms with Gasteiger partial charge in [0.1, 0.15) is 5.01 Å². The highest BCUT2D eigenvalue weighted by Gasteiger charge is 2.16. The summed E-state index contributed by atoms with van der Waals surface area (Å²) in [5.74, 6) is -0.101. The van der Waals surface area contributed by atoms with E-state index in [1.807, 2.05) is 49.4 Å². The summed E-state index contributed by atoms with van der Waals surface area (Å²) in [6, 6.07) is 11.5. The smallest absolute Gasteiger partial charge is 0.303 e. The first-order valence-electron chi connectivity index (χ1n) is 10.4. The lowest BCUT2D eigenvalue weighted by atomic mass is 10.1. The van der Waals surface area contributed by atoms with Crippen molar-refractivity contribution >= 4 is 61.0 Å². The summed E-state index contributed by atoms with van der Waals surface area (Å²) in [6.07, 6.45) is 2.25. The maximum atomic E-state index is 11.9. The average Bonchev–Trinajstić information content (AvgIpc) is 3.20. The van der Waals surface area contributed by atoms with Gasteiger partial charge in [0.15, 0.2) is 18.1 Å². The molecule has 0 bridgehead atoms. The molecule has 2 aromatic carbocycles. The lowest BCUT2D eigenvalue weighted by Gasteiger charge is -2.16. The number of benzene rings is 2. The molecule has 1 heterocycles. The summed E-state index contributed by atoms with van der Waals surface area (Å²) in [5, 5.41) is 10.0. The number of hydrogen-bond acceptors (Lipinski definition) is 6. The van der Waals surface area contributed by atoms with E-state index in [1.54, 1.807) is 14.1 Å². The molecule has 174 valence electrons. The molecule has 0 aliphatic heterocycles. The first kappa shape index (κ1) is 24.7. The Morgan fingerprint density at radius 3 is 2.61 bits per heavy atom. The summed E-state index contributed by atoms with van der Waals surface area (Å²) < 4.78 is 13.2. The SMILES string of the molecule is CCOc1cc(C=C(CCC(=O)O)c2nc3ccccc3s2)cc(Br)c1OCC(=O)N(C)C. The van der Waals surface area contributed by atoms with Crippen molar-refractivity contribution in [3.05, 3.63) is 51.4 Å². The molecule has 0 spiro atoms. The van der Waals surface area contributed by atoms with Crippen LogP contribution in [0.25, 0.3) is 21.9 Å². The van der Waals surface area contributed by atoms with Gasteiger partial charge in [-0.2, -0.15) is 0 Å². The predicted molar refractivity (Wildman–Crippen MR) is 134 cm³/mol. The molecular formula is C24H25BrN2O5S. The van der Waals surface area contributed by atoms with Crippen molar-refractivity contribution in [3.63, 3.8) is 0 Å². The molecule has 1 N–H and O–H groups in total. The number of amides is 1. The molecule has 1 amide bonds. The molecule has 7 nitrogen and oxygen atoms in total. The number of carbonyl (C=O) groups is 2. The number of para-hydroxylation sites is 1. The van der Waals surface area contributed by atoms with E-state index in [9.17, 15) is 14.7 Å². The summed E-state index contributed by atoms with van der Waals surface area (Å²) in [5.41, 5.74) is 2.50. The zero-order chi connectivity index (χ0) is 24.0. The number of halogens is 1. The van der Waals surface area contributed by atoms with Gasteiger partial charge in [-0.1, -0.05) is 12.1 Å². The number of fused-ring (bicyclic) bond motifs is 1. The minimum Gasteiger partial charge on any atom is -0.490 e. The van der Waals surface area contributed by atoms with Crippen molar-refractivity contribution in [2.75, 3.05) is 27.3 Å².